The summed E-state index contributed by atoms with van der Waals surface area (Å²) in [4.78, 5) is 8.12. The minimum Gasteiger partial charge on any atom is -0.383 e. The maximum Gasteiger partial charge on any atom is 0.134 e. The summed E-state index contributed by atoms with van der Waals surface area (Å²) >= 11 is 0. The first-order valence-electron chi connectivity index (χ1n) is 5.28. The Morgan fingerprint density at radius 3 is 2.88 bits per heavy atom. The molecule has 0 bridgehead atoms. The highest BCUT2D eigenvalue weighted by Crippen LogP contribution is 2.18. The Bertz CT molecular complexity index is 370. The lowest BCUT2D eigenvalue weighted by Crippen LogP contribution is -2.13. The highest BCUT2D eigenvalue weighted by Gasteiger charge is 2.07. The molecule has 1 rings (SSSR count). The number of nitrogens with two attached hydrogens (primary N) is 1. The van der Waals surface area contributed by atoms with Crippen molar-refractivity contribution < 1.29 is 4.21 Å². The molecule has 0 saturated heterocycles. The van der Waals surface area contributed by atoms with Gasteiger partial charge in [-0.25, -0.2) is 9.97 Å². The lowest BCUT2D eigenvalue weighted by molar-refractivity contribution is 0.687. The fourth-order valence-corrected chi connectivity index (χ4v) is 1.78. The summed E-state index contributed by atoms with van der Waals surface area (Å²) in [7, 11) is -0.792. The van der Waals surface area contributed by atoms with E-state index >= 15 is 0 Å². The summed E-state index contributed by atoms with van der Waals surface area (Å²) in [5, 5.41) is 3.15. The second kappa shape index (κ2) is 6.42. The van der Waals surface area contributed by atoms with E-state index < -0.39 is 10.8 Å². The summed E-state index contributed by atoms with van der Waals surface area (Å²) < 4.78 is 10.9. The number of nitrogen functional groups attached to an aromatic ring is 1. The smallest absolute Gasteiger partial charge is 0.134 e. The van der Waals surface area contributed by atoms with Crippen molar-refractivity contribution in [3.63, 3.8) is 0 Å². The van der Waals surface area contributed by atoms with Crippen molar-refractivity contribution >= 4 is 22.4 Å². The molecule has 3 N–H and O–H groups in total. The third-order valence-corrected chi connectivity index (χ3v) is 2.94. The van der Waals surface area contributed by atoms with E-state index in [0.717, 1.165) is 24.2 Å². The van der Waals surface area contributed by atoms with E-state index in [2.05, 4.69) is 22.2 Å². The molecule has 0 saturated carbocycles. The van der Waals surface area contributed by atoms with Crippen molar-refractivity contribution in [2.24, 2.45) is 0 Å². The first kappa shape index (κ1) is 12.9. The number of nitrogens with one attached hydrogen (secondary N) is 1. The van der Waals surface area contributed by atoms with Crippen molar-refractivity contribution in [2.45, 2.75) is 19.8 Å². The van der Waals surface area contributed by atoms with Crippen molar-refractivity contribution in [3.05, 3.63) is 11.9 Å². The van der Waals surface area contributed by atoms with Crippen LogP contribution in [0.15, 0.2) is 6.33 Å². The van der Waals surface area contributed by atoms with Crippen LogP contribution in [0.5, 0.6) is 0 Å². The molecule has 0 amide bonds. The molecule has 1 atom stereocenters. The minimum absolute atomic E-state index is 0.525. The van der Waals surface area contributed by atoms with E-state index in [1.807, 2.05) is 0 Å². The molecule has 1 aromatic rings. The number of anilines is 2. The summed E-state index contributed by atoms with van der Waals surface area (Å²) in [5.74, 6) is 1.90. The van der Waals surface area contributed by atoms with Crippen LogP contribution in [0.25, 0.3) is 0 Å². The highest BCUT2D eigenvalue weighted by atomic mass is 32.2. The zero-order chi connectivity index (χ0) is 12.0. The van der Waals surface area contributed by atoms with Crippen LogP contribution in [-0.4, -0.2) is 32.7 Å². The number of aromatic nitrogens is 2. The molecule has 1 unspecified atom stereocenters. The normalized spacial score (nSPS) is 12.4. The van der Waals surface area contributed by atoms with E-state index in [9.17, 15) is 4.21 Å². The molecule has 6 heteroatoms. The maximum atomic E-state index is 10.9. The van der Waals surface area contributed by atoms with Gasteiger partial charge in [0, 0.05) is 34.9 Å². The lowest BCUT2D eigenvalue weighted by atomic mass is 10.1. The van der Waals surface area contributed by atoms with Crippen LogP contribution in [0.4, 0.5) is 11.6 Å². The Hall–Kier alpha value is -1.17. The van der Waals surface area contributed by atoms with E-state index in [0.29, 0.717) is 18.1 Å². The first-order valence-corrected chi connectivity index (χ1v) is 7.01. The van der Waals surface area contributed by atoms with E-state index in [1.54, 1.807) is 6.26 Å². The zero-order valence-corrected chi connectivity index (χ0v) is 10.5. The maximum absolute atomic E-state index is 10.9. The second-order valence-corrected chi connectivity index (χ2v) is 5.09. The van der Waals surface area contributed by atoms with E-state index in [1.165, 1.54) is 6.33 Å². The van der Waals surface area contributed by atoms with Crippen molar-refractivity contribution in [1.82, 2.24) is 9.97 Å². The Labute approximate surface area is 98.3 Å². The van der Waals surface area contributed by atoms with Crippen LogP contribution in [0.1, 0.15) is 18.9 Å². The van der Waals surface area contributed by atoms with Gasteiger partial charge in [-0.15, -0.1) is 0 Å². The van der Waals surface area contributed by atoms with Gasteiger partial charge in [0.25, 0.3) is 0 Å². The van der Waals surface area contributed by atoms with Crippen molar-refractivity contribution in [1.29, 1.82) is 0 Å². The molecule has 0 aromatic carbocycles. The van der Waals surface area contributed by atoms with Crippen LogP contribution in [-0.2, 0) is 17.2 Å². The van der Waals surface area contributed by atoms with E-state index in [4.69, 9.17) is 5.73 Å². The monoisotopic (exact) mass is 242 g/mol. The molecule has 0 aliphatic heterocycles. The lowest BCUT2D eigenvalue weighted by Gasteiger charge is -2.11. The first-order chi connectivity index (χ1) is 7.65. The SMILES string of the molecule is CCCc1c(N)ncnc1NCCS(C)=O. The molecule has 16 heavy (non-hydrogen) atoms. The molecule has 90 valence electrons. The third-order valence-electron chi connectivity index (χ3n) is 2.16. The molecule has 1 heterocycles. The molecule has 0 aliphatic carbocycles. The quantitative estimate of drug-likeness (QED) is 0.771. The van der Waals surface area contributed by atoms with Crippen molar-refractivity contribution in [3.8, 4) is 0 Å². The second-order valence-electron chi connectivity index (χ2n) is 3.54. The fraction of sp³-hybridized carbons (Fsp3) is 0.600. The van der Waals surface area contributed by atoms with Gasteiger partial charge in [0.1, 0.15) is 18.0 Å². The molecule has 0 spiro atoms. The summed E-state index contributed by atoms with van der Waals surface area (Å²) in [6.45, 7) is 2.72. The van der Waals surface area contributed by atoms with Crippen LogP contribution < -0.4 is 11.1 Å². The summed E-state index contributed by atoms with van der Waals surface area (Å²) in [6, 6.07) is 0. The standard InChI is InChI=1S/C10H18N4OS/c1-3-4-8-9(11)13-7-14-10(8)12-5-6-16(2)15/h7H,3-6H2,1-2H3,(H3,11,12,13,14). The average Bonchev–Trinajstić information content (AvgIpc) is 2.22. The third kappa shape index (κ3) is 3.77. The minimum atomic E-state index is -0.792. The van der Waals surface area contributed by atoms with Crippen LogP contribution >= 0.6 is 0 Å². The predicted molar refractivity (Wildman–Crippen MR) is 67.9 cm³/mol. The Kier molecular flexibility index (Phi) is 5.18. The van der Waals surface area contributed by atoms with Crippen LogP contribution in [0, 0.1) is 0 Å². The van der Waals surface area contributed by atoms with Gasteiger partial charge in [-0.1, -0.05) is 13.3 Å². The van der Waals surface area contributed by atoms with Gasteiger partial charge < -0.3 is 11.1 Å². The molecule has 0 fully saturated rings. The molecular weight excluding hydrogens is 224 g/mol. The Balaban J connectivity index is 2.70. The fourth-order valence-electron chi connectivity index (χ4n) is 1.39. The predicted octanol–water partition coefficient (Wildman–Crippen LogP) is 0.802. The topological polar surface area (TPSA) is 80.9 Å². The van der Waals surface area contributed by atoms with Gasteiger partial charge in [-0.2, -0.15) is 0 Å². The average molecular weight is 242 g/mol. The molecule has 1 aromatic heterocycles. The number of rotatable bonds is 6. The zero-order valence-electron chi connectivity index (χ0n) is 9.69. The summed E-state index contributed by atoms with van der Waals surface area (Å²) in [6.07, 6.45) is 4.97. The Morgan fingerprint density at radius 1 is 1.50 bits per heavy atom. The van der Waals surface area contributed by atoms with Crippen molar-refractivity contribution in [2.75, 3.05) is 29.6 Å². The van der Waals surface area contributed by atoms with Crippen LogP contribution in [0.2, 0.25) is 0 Å². The molecule has 0 radical (unpaired) electrons. The number of hydrogen-bond donors (Lipinski definition) is 2. The summed E-state index contributed by atoms with van der Waals surface area (Å²) in [5.41, 5.74) is 6.74. The molecule has 5 nitrogen and oxygen atoms in total. The van der Waals surface area contributed by atoms with Gasteiger partial charge in [0.2, 0.25) is 0 Å². The Morgan fingerprint density at radius 2 is 2.25 bits per heavy atom. The van der Waals surface area contributed by atoms with Gasteiger partial charge >= 0.3 is 0 Å². The largest absolute Gasteiger partial charge is 0.383 e. The van der Waals surface area contributed by atoms with E-state index in [-0.39, 0.29) is 0 Å². The van der Waals surface area contributed by atoms with Crippen LogP contribution in [0.3, 0.4) is 0 Å². The van der Waals surface area contributed by atoms with Gasteiger partial charge in [0.15, 0.2) is 0 Å². The van der Waals surface area contributed by atoms with Gasteiger partial charge in [-0.3, -0.25) is 4.21 Å². The van der Waals surface area contributed by atoms with Gasteiger partial charge in [-0.05, 0) is 6.42 Å². The highest BCUT2D eigenvalue weighted by molar-refractivity contribution is 7.84. The van der Waals surface area contributed by atoms with Gasteiger partial charge in [0.05, 0.1) is 0 Å². The molecule has 0 aliphatic rings. The molecular formula is C10H18N4OS. The number of hydrogen-bond acceptors (Lipinski definition) is 5. The number of nitrogens with zero attached hydrogens (tertiary/aromatic N) is 2.